The molecule has 1 aliphatic rings. The van der Waals surface area contributed by atoms with Crippen molar-refractivity contribution in [2.75, 3.05) is 6.61 Å². The van der Waals surface area contributed by atoms with E-state index in [1.165, 1.54) is 6.42 Å². The molecule has 0 radical (unpaired) electrons. The van der Waals surface area contributed by atoms with E-state index in [1.807, 2.05) is 0 Å². The average Bonchev–Trinajstić information content (AvgIpc) is 2.91. The van der Waals surface area contributed by atoms with Gasteiger partial charge in [0.05, 0.1) is 5.39 Å². The molecule has 140 valence electrons. The number of carbonyl (C=O) groups excluding carboxylic acids is 2. The minimum absolute atomic E-state index is 0.145. The quantitative estimate of drug-likeness (QED) is 0.797. The number of ether oxygens (including phenoxy) is 1. The predicted molar refractivity (Wildman–Crippen MR) is 99.6 cm³/mol. The number of fused-ring (bicyclic) bond motifs is 1. The molecule has 1 fully saturated rings. The lowest BCUT2D eigenvalue weighted by atomic mass is 9.86. The molecule has 0 bridgehead atoms. The fourth-order valence-corrected chi connectivity index (χ4v) is 4.54. The van der Waals surface area contributed by atoms with Crippen molar-refractivity contribution in [1.82, 2.24) is 15.3 Å². The Labute approximate surface area is 155 Å². The topological polar surface area (TPSA) is 101 Å². The summed E-state index contributed by atoms with van der Waals surface area (Å²) in [7, 11) is 0. The van der Waals surface area contributed by atoms with Gasteiger partial charge in [0.1, 0.15) is 15.5 Å². The predicted octanol–water partition coefficient (Wildman–Crippen LogP) is 2.45. The molecule has 2 atom stereocenters. The van der Waals surface area contributed by atoms with Crippen LogP contribution in [0.1, 0.15) is 53.7 Å². The third-order valence-corrected chi connectivity index (χ3v) is 6.06. The van der Waals surface area contributed by atoms with E-state index in [4.69, 9.17) is 4.74 Å². The smallest absolute Gasteiger partial charge is 0.349 e. The minimum Gasteiger partial charge on any atom is -0.451 e. The van der Waals surface area contributed by atoms with Gasteiger partial charge in [0.2, 0.25) is 0 Å². The van der Waals surface area contributed by atoms with E-state index in [2.05, 4.69) is 22.2 Å². The second kappa shape index (κ2) is 7.57. The molecule has 7 nitrogen and oxygen atoms in total. The molecule has 2 heterocycles. The monoisotopic (exact) mass is 377 g/mol. The summed E-state index contributed by atoms with van der Waals surface area (Å²) in [5, 5.41) is 3.35. The highest BCUT2D eigenvalue weighted by atomic mass is 32.1. The van der Waals surface area contributed by atoms with Crippen molar-refractivity contribution in [3.63, 3.8) is 0 Å². The third-order valence-electron chi connectivity index (χ3n) is 4.90. The standard InChI is InChI=1S/C18H23N3O4S/c1-9-6-4-5-7-12(9)21-13(22)8-25-18(24)15-10(2)14-16(23)19-11(3)20-17(14)26-15/h9,12H,4-8H2,1-3H3,(H,21,22)(H,19,20,23)/t9-,12+/m1/s1. The van der Waals surface area contributed by atoms with Crippen LogP contribution in [0.4, 0.5) is 0 Å². The Morgan fingerprint density at radius 2 is 2.04 bits per heavy atom. The maximum Gasteiger partial charge on any atom is 0.349 e. The van der Waals surface area contributed by atoms with Gasteiger partial charge in [-0.3, -0.25) is 9.59 Å². The minimum atomic E-state index is -0.602. The van der Waals surface area contributed by atoms with E-state index in [0.29, 0.717) is 32.4 Å². The number of aryl methyl sites for hydroxylation is 2. The molecule has 0 aromatic carbocycles. The molecule has 1 aliphatic carbocycles. The summed E-state index contributed by atoms with van der Waals surface area (Å²) in [5.74, 6) is 0.0380. The summed E-state index contributed by atoms with van der Waals surface area (Å²) in [6.07, 6.45) is 4.37. The van der Waals surface area contributed by atoms with Crippen molar-refractivity contribution in [2.45, 2.75) is 52.5 Å². The fourth-order valence-electron chi connectivity index (χ4n) is 3.42. The Balaban J connectivity index is 1.66. The summed E-state index contributed by atoms with van der Waals surface area (Å²) >= 11 is 1.11. The second-order valence-electron chi connectivity index (χ2n) is 6.90. The van der Waals surface area contributed by atoms with Crippen molar-refractivity contribution >= 4 is 33.4 Å². The molecule has 2 aromatic rings. The maximum atomic E-state index is 12.4. The number of H-pyrrole nitrogens is 1. The first-order valence-electron chi connectivity index (χ1n) is 8.83. The molecule has 0 saturated heterocycles. The maximum absolute atomic E-state index is 12.4. The molecule has 0 aliphatic heterocycles. The molecule has 0 unspecified atom stereocenters. The van der Waals surface area contributed by atoms with Crippen molar-refractivity contribution in [2.24, 2.45) is 5.92 Å². The van der Waals surface area contributed by atoms with Gasteiger partial charge in [0.15, 0.2) is 6.61 Å². The lowest BCUT2D eigenvalue weighted by Crippen LogP contribution is -2.42. The van der Waals surface area contributed by atoms with Gasteiger partial charge in [-0.2, -0.15) is 0 Å². The highest BCUT2D eigenvalue weighted by Crippen LogP contribution is 2.27. The zero-order chi connectivity index (χ0) is 18.8. The molecule has 1 amide bonds. The van der Waals surface area contributed by atoms with Crippen LogP contribution in [0.25, 0.3) is 10.2 Å². The Morgan fingerprint density at radius 1 is 1.31 bits per heavy atom. The van der Waals surface area contributed by atoms with Gasteiger partial charge in [0.25, 0.3) is 11.5 Å². The number of aromatic nitrogens is 2. The number of amides is 1. The highest BCUT2D eigenvalue weighted by molar-refractivity contribution is 7.20. The number of carbonyl (C=O) groups is 2. The van der Waals surface area contributed by atoms with Crippen LogP contribution in [0.2, 0.25) is 0 Å². The molecule has 0 spiro atoms. The first-order valence-corrected chi connectivity index (χ1v) is 9.65. The second-order valence-corrected chi connectivity index (χ2v) is 7.90. The van der Waals surface area contributed by atoms with E-state index in [-0.39, 0.29) is 24.1 Å². The summed E-state index contributed by atoms with van der Waals surface area (Å²) in [6, 6.07) is 0.145. The Hall–Kier alpha value is -2.22. The van der Waals surface area contributed by atoms with E-state index in [0.717, 1.165) is 30.6 Å². The normalized spacial score (nSPS) is 20.1. The summed E-state index contributed by atoms with van der Waals surface area (Å²) in [5.41, 5.74) is 0.259. The van der Waals surface area contributed by atoms with Crippen LogP contribution in [0.5, 0.6) is 0 Å². The number of aromatic amines is 1. The fraction of sp³-hybridized carbons (Fsp3) is 0.556. The Bertz CT molecular complexity index is 902. The van der Waals surface area contributed by atoms with Crippen LogP contribution < -0.4 is 10.9 Å². The van der Waals surface area contributed by atoms with Crippen LogP contribution >= 0.6 is 11.3 Å². The number of hydrogen-bond donors (Lipinski definition) is 2. The number of nitrogens with one attached hydrogen (secondary N) is 2. The number of thiophene rings is 1. The van der Waals surface area contributed by atoms with Crippen molar-refractivity contribution in [3.8, 4) is 0 Å². The number of rotatable bonds is 4. The molecule has 26 heavy (non-hydrogen) atoms. The van der Waals surface area contributed by atoms with Gasteiger partial charge in [-0.1, -0.05) is 19.8 Å². The lowest BCUT2D eigenvalue weighted by molar-refractivity contribution is -0.125. The van der Waals surface area contributed by atoms with Gasteiger partial charge in [-0.15, -0.1) is 11.3 Å². The summed E-state index contributed by atoms with van der Waals surface area (Å²) < 4.78 is 5.17. The van der Waals surface area contributed by atoms with E-state index in [1.54, 1.807) is 13.8 Å². The number of nitrogens with zero attached hydrogens (tertiary/aromatic N) is 1. The third kappa shape index (κ3) is 3.80. The number of esters is 1. The first kappa shape index (κ1) is 18.6. The summed E-state index contributed by atoms with van der Waals surface area (Å²) in [6.45, 7) is 5.18. The molecule has 1 saturated carbocycles. The zero-order valence-corrected chi connectivity index (χ0v) is 16.0. The van der Waals surface area contributed by atoms with Gasteiger partial charge in [-0.05, 0) is 38.2 Å². The van der Waals surface area contributed by atoms with E-state index in [9.17, 15) is 14.4 Å². The van der Waals surface area contributed by atoms with Crippen LogP contribution in [0.15, 0.2) is 4.79 Å². The van der Waals surface area contributed by atoms with Crippen LogP contribution in [-0.2, 0) is 9.53 Å². The van der Waals surface area contributed by atoms with Gasteiger partial charge in [0, 0.05) is 6.04 Å². The van der Waals surface area contributed by atoms with Crippen LogP contribution in [0.3, 0.4) is 0 Å². The van der Waals surface area contributed by atoms with Gasteiger partial charge >= 0.3 is 5.97 Å². The zero-order valence-electron chi connectivity index (χ0n) is 15.2. The SMILES string of the molecule is Cc1nc2sc(C(=O)OCC(=O)N[C@H]3CCCC[C@H]3C)c(C)c2c(=O)[nH]1. The average molecular weight is 377 g/mol. The van der Waals surface area contributed by atoms with Crippen LogP contribution in [-0.4, -0.2) is 34.5 Å². The molecule has 2 aromatic heterocycles. The van der Waals surface area contributed by atoms with Crippen LogP contribution in [0, 0.1) is 19.8 Å². The lowest BCUT2D eigenvalue weighted by Gasteiger charge is -2.29. The highest BCUT2D eigenvalue weighted by Gasteiger charge is 2.24. The largest absolute Gasteiger partial charge is 0.451 e. The van der Waals surface area contributed by atoms with Crippen molar-refractivity contribution < 1.29 is 14.3 Å². The molecule has 8 heteroatoms. The van der Waals surface area contributed by atoms with E-state index < -0.39 is 5.97 Å². The van der Waals surface area contributed by atoms with E-state index >= 15 is 0 Å². The van der Waals surface area contributed by atoms with Gasteiger partial charge in [-0.25, -0.2) is 9.78 Å². The van der Waals surface area contributed by atoms with Crippen molar-refractivity contribution in [3.05, 3.63) is 26.6 Å². The molecule has 2 N–H and O–H groups in total. The molecular formula is C18H23N3O4S. The first-order chi connectivity index (χ1) is 12.4. The molecule has 3 rings (SSSR count). The summed E-state index contributed by atoms with van der Waals surface area (Å²) in [4.78, 5) is 44.2. The van der Waals surface area contributed by atoms with Crippen molar-refractivity contribution in [1.29, 1.82) is 0 Å². The Kier molecular flexibility index (Phi) is 5.41. The Morgan fingerprint density at radius 3 is 2.77 bits per heavy atom. The van der Waals surface area contributed by atoms with Gasteiger partial charge < -0.3 is 15.0 Å². The molecular weight excluding hydrogens is 354 g/mol. The number of hydrogen-bond acceptors (Lipinski definition) is 6.